The molecular formula is C23H24N4O3S. The molecule has 0 bridgehead atoms. The van der Waals surface area contributed by atoms with Gasteiger partial charge in [-0.25, -0.2) is 9.79 Å². The van der Waals surface area contributed by atoms with Crippen LogP contribution in [0.1, 0.15) is 42.4 Å². The van der Waals surface area contributed by atoms with Crippen LogP contribution in [0, 0.1) is 13.8 Å². The van der Waals surface area contributed by atoms with Gasteiger partial charge >= 0.3 is 5.97 Å². The van der Waals surface area contributed by atoms with Crippen LogP contribution in [0.5, 0.6) is 0 Å². The highest BCUT2D eigenvalue weighted by Gasteiger charge is 2.33. The zero-order valence-electron chi connectivity index (χ0n) is 18.2. The summed E-state index contributed by atoms with van der Waals surface area (Å²) >= 11 is 1.32. The Balaban J connectivity index is 1.99. The average molecular weight is 437 g/mol. The number of ether oxygens (including phenoxy) is 1. The third-order valence-electron chi connectivity index (χ3n) is 5.47. The van der Waals surface area contributed by atoms with Gasteiger partial charge in [-0.05, 0) is 39.3 Å². The highest BCUT2D eigenvalue weighted by molar-refractivity contribution is 7.07. The number of rotatable bonds is 4. The van der Waals surface area contributed by atoms with Crippen LogP contribution in [0.2, 0.25) is 0 Å². The summed E-state index contributed by atoms with van der Waals surface area (Å²) in [6.45, 7) is 7.69. The Hall–Kier alpha value is -3.26. The molecular weight excluding hydrogens is 412 g/mol. The van der Waals surface area contributed by atoms with Gasteiger partial charge in [0.2, 0.25) is 0 Å². The molecule has 3 heterocycles. The molecule has 8 heteroatoms. The molecule has 0 fully saturated rings. The number of hydrogen-bond acceptors (Lipinski definition) is 6. The fraction of sp³-hybridized carbons (Fsp3) is 0.304. The molecule has 1 atom stereocenters. The largest absolute Gasteiger partial charge is 0.463 e. The SMILES string of the molecule is CCOC(=O)C1=C(C)N=c2s/c(=C/c3c(C)nn(C)c3C)c(=O)n2[C@H]1c1ccccc1. The van der Waals surface area contributed by atoms with Crippen LogP contribution in [0.4, 0.5) is 0 Å². The summed E-state index contributed by atoms with van der Waals surface area (Å²) in [5, 5.41) is 4.44. The monoisotopic (exact) mass is 436 g/mol. The summed E-state index contributed by atoms with van der Waals surface area (Å²) in [6.07, 6.45) is 1.87. The molecule has 0 amide bonds. The number of fused-ring (bicyclic) bond motifs is 1. The second-order valence-corrected chi connectivity index (χ2v) is 8.43. The molecule has 0 saturated heterocycles. The van der Waals surface area contributed by atoms with Gasteiger partial charge in [0.25, 0.3) is 5.56 Å². The van der Waals surface area contributed by atoms with Crippen LogP contribution >= 0.6 is 11.3 Å². The molecule has 0 N–H and O–H groups in total. The summed E-state index contributed by atoms with van der Waals surface area (Å²) < 4.78 is 9.26. The summed E-state index contributed by atoms with van der Waals surface area (Å²) in [4.78, 5) is 31.5. The highest BCUT2D eigenvalue weighted by atomic mass is 32.1. The molecule has 1 aromatic carbocycles. The van der Waals surface area contributed by atoms with Gasteiger partial charge in [0.15, 0.2) is 4.80 Å². The fourth-order valence-corrected chi connectivity index (χ4v) is 4.90. The molecule has 160 valence electrons. The lowest BCUT2D eigenvalue weighted by Crippen LogP contribution is -2.39. The van der Waals surface area contributed by atoms with Gasteiger partial charge in [-0.2, -0.15) is 5.10 Å². The van der Waals surface area contributed by atoms with Crippen molar-refractivity contribution in [3.05, 3.63) is 83.8 Å². The van der Waals surface area contributed by atoms with E-state index in [2.05, 4.69) is 10.1 Å². The van der Waals surface area contributed by atoms with E-state index in [0.717, 1.165) is 22.5 Å². The first kappa shape index (κ1) is 21.0. The molecule has 31 heavy (non-hydrogen) atoms. The normalized spacial score (nSPS) is 16.3. The van der Waals surface area contributed by atoms with Gasteiger partial charge in [-0.3, -0.25) is 14.0 Å². The Kier molecular flexibility index (Phi) is 5.49. The number of esters is 1. The van der Waals surface area contributed by atoms with E-state index < -0.39 is 12.0 Å². The molecule has 0 spiro atoms. The first-order chi connectivity index (χ1) is 14.8. The third kappa shape index (κ3) is 3.57. The zero-order chi connectivity index (χ0) is 22.3. The molecule has 3 aromatic rings. The van der Waals surface area contributed by atoms with Crippen molar-refractivity contribution in [3.8, 4) is 0 Å². The number of allylic oxidation sites excluding steroid dienone is 1. The predicted molar refractivity (Wildman–Crippen MR) is 120 cm³/mol. The Bertz CT molecular complexity index is 1380. The number of nitrogens with zero attached hydrogens (tertiary/aromatic N) is 4. The standard InChI is InChI=1S/C23H24N4O3S/c1-6-30-22(29)19-14(3)24-23-27(20(19)16-10-8-7-9-11-16)21(28)18(31-23)12-17-13(2)25-26(5)15(17)4/h7-12,20H,6H2,1-5H3/b18-12+/t20-/m0/s1. The molecule has 0 radical (unpaired) electrons. The summed E-state index contributed by atoms with van der Waals surface area (Å²) in [6, 6.07) is 8.93. The van der Waals surface area contributed by atoms with Crippen LogP contribution in [-0.4, -0.2) is 26.9 Å². The predicted octanol–water partition coefficient (Wildman–Crippen LogP) is 2.15. The maximum absolute atomic E-state index is 13.5. The van der Waals surface area contributed by atoms with E-state index >= 15 is 0 Å². The van der Waals surface area contributed by atoms with Crippen molar-refractivity contribution < 1.29 is 9.53 Å². The minimum absolute atomic E-state index is 0.186. The van der Waals surface area contributed by atoms with E-state index in [9.17, 15) is 9.59 Å². The number of benzene rings is 1. The van der Waals surface area contributed by atoms with Gasteiger partial charge in [0.1, 0.15) is 0 Å². The maximum Gasteiger partial charge on any atom is 0.338 e. The van der Waals surface area contributed by atoms with E-state index in [4.69, 9.17) is 4.74 Å². The average Bonchev–Trinajstić information content (AvgIpc) is 3.17. The van der Waals surface area contributed by atoms with Crippen LogP contribution in [0.15, 0.2) is 51.4 Å². The number of hydrogen-bond donors (Lipinski definition) is 0. The maximum atomic E-state index is 13.5. The summed E-state index contributed by atoms with van der Waals surface area (Å²) in [5.74, 6) is -0.453. The topological polar surface area (TPSA) is 78.5 Å². The lowest BCUT2D eigenvalue weighted by molar-refractivity contribution is -0.139. The first-order valence-corrected chi connectivity index (χ1v) is 10.9. The van der Waals surface area contributed by atoms with E-state index in [-0.39, 0.29) is 12.2 Å². The van der Waals surface area contributed by atoms with Crippen molar-refractivity contribution in [3.63, 3.8) is 0 Å². The number of thiazole rings is 1. The molecule has 0 unspecified atom stereocenters. The summed E-state index contributed by atoms with van der Waals surface area (Å²) in [5.41, 5.74) is 4.36. The molecule has 1 aliphatic heterocycles. The third-order valence-corrected chi connectivity index (χ3v) is 6.46. The Morgan fingerprint density at radius 2 is 1.94 bits per heavy atom. The van der Waals surface area contributed by atoms with E-state index in [1.165, 1.54) is 11.3 Å². The Morgan fingerprint density at radius 1 is 1.23 bits per heavy atom. The van der Waals surface area contributed by atoms with Crippen molar-refractivity contribution in [2.24, 2.45) is 12.0 Å². The number of aryl methyl sites for hydroxylation is 2. The fourth-order valence-electron chi connectivity index (χ4n) is 3.87. The van der Waals surface area contributed by atoms with Crippen LogP contribution < -0.4 is 14.9 Å². The number of carbonyl (C=O) groups is 1. The smallest absolute Gasteiger partial charge is 0.338 e. The van der Waals surface area contributed by atoms with Crippen LogP contribution in [0.25, 0.3) is 6.08 Å². The second-order valence-electron chi connectivity index (χ2n) is 7.42. The number of carbonyl (C=O) groups excluding carboxylic acids is 1. The first-order valence-electron chi connectivity index (χ1n) is 10.1. The van der Waals surface area contributed by atoms with Crippen molar-refractivity contribution in [2.45, 2.75) is 33.7 Å². The van der Waals surface area contributed by atoms with Crippen molar-refractivity contribution in [1.29, 1.82) is 0 Å². The Morgan fingerprint density at radius 3 is 2.55 bits per heavy atom. The molecule has 1 aliphatic rings. The van der Waals surface area contributed by atoms with E-state index in [1.807, 2.05) is 57.3 Å². The molecule has 0 aliphatic carbocycles. The lowest BCUT2D eigenvalue weighted by Gasteiger charge is -2.24. The van der Waals surface area contributed by atoms with E-state index in [0.29, 0.717) is 20.6 Å². The number of aromatic nitrogens is 3. The van der Waals surface area contributed by atoms with Gasteiger partial charge in [0.05, 0.1) is 34.1 Å². The molecule has 0 saturated carbocycles. The van der Waals surface area contributed by atoms with Gasteiger partial charge in [-0.15, -0.1) is 0 Å². The van der Waals surface area contributed by atoms with Crippen molar-refractivity contribution in [2.75, 3.05) is 6.61 Å². The minimum atomic E-state index is -0.588. The zero-order valence-corrected chi connectivity index (χ0v) is 19.0. The molecule has 7 nitrogen and oxygen atoms in total. The minimum Gasteiger partial charge on any atom is -0.463 e. The highest BCUT2D eigenvalue weighted by Crippen LogP contribution is 2.30. The van der Waals surface area contributed by atoms with Crippen molar-refractivity contribution in [1.82, 2.24) is 14.3 Å². The van der Waals surface area contributed by atoms with Gasteiger partial charge in [0, 0.05) is 18.3 Å². The quantitative estimate of drug-likeness (QED) is 0.587. The molecule has 2 aromatic heterocycles. The van der Waals surface area contributed by atoms with E-state index in [1.54, 1.807) is 23.1 Å². The van der Waals surface area contributed by atoms with Gasteiger partial charge in [-0.1, -0.05) is 41.7 Å². The van der Waals surface area contributed by atoms with Gasteiger partial charge < -0.3 is 4.74 Å². The Labute approximate surface area is 183 Å². The summed E-state index contributed by atoms with van der Waals surface area (Å²) in [7, 11) is 1.88. The van der Waals surface area contributed by atoms with Crippen LogP contribution in [-0.2, 0) is 16.6 Å². The lowest BCUT2D eigenvalue weighted by atomic mass is 9.96. The van der Waals surface area contributed by atoms with Crippen LogP contribution in [0.3, 0.4) is 0 Å². The molecule has 4 rings (SSSR count). The second kappa shape index (κ2) is 8.11. The van der Waals surface area contributed by atoms with Crippen molar-refractivity contribution >= 4 is 23.4 Å².